The van der Waals surface area contributed by atoms with Crippen molar-refractivity contribution in [3.63, 3.8) is 0 Å². The highest BCUT2D eigenvalue weighted by Crippen LogP contribution is 2.11. The van der Waals surface area contributed by atoms with Crippen molar-refractivity contribution in [2.24, 2.45) is 10.2 Å². The number of amides is 2. The number of benzene rings is 2. The van der Waals surface area contributed by atoms with Crippen LogP contribution in [-0.4, -0.2) is 52.4 Å². The molecule has 2 rings (SSSR count). The van der Waals surface area contributed by atoms with Gasteiger partial charge < -0.3 is 9.80 Å². The molecule has 28 heavy (non-hydrogen) atoms. The zero-order chi connectivity index (χ0) is 20.5. The third-order valence-corrected chi connectivity index (χ3v) is 3.78. The van der Waals surface area contributed by atoms with Crippen LogP contribution in [0.15, 0.2) is 58.7 Å². The maximum absolute atomic E-state index is 11.7. The monoisotopic (exact) mass is 380 g/mol. The van der Waals surface area contributed by atoms with Gasteiger partial charge in [0, 0.05) is 39.6 Å². The van der Waals surface area contributed by atoms with E-state index in [1.54, 1.807) is 0 Å². The molecule has 0 aliphatic heterocycles. The standard InChI is InChI=1S/C20H24N6O2/c1-25(2)17-9-5-15(6-10-17)13-21-23-19(27)20(28)24-22-14-16-7-11-18(12-8-16)26(3)4/h5-14H,1-4H3,(H,23,27)(H,24,28). The van der Waals surface area contributed by atoms with Crippen LogP contribution in [0.25, 0.3) is 0 Å². The minimum Gasteiger partial charge on any atom is -0.378 e. The van der Waals surface area contributed by atoms with E-state index >= 15 is 0 Å². The molecule has 2 N–H and O–H groups in total. The molecule has 0 saturated heterocycles. The van der Waals surface area contributed by atoms with Crippen molar-refractivity contribution < 1.29 is 9.59 Å². The molecule has 0 fully saturated rings. The molecule has 0 radical (unpaired) electrons. The van der Waals surface area contributed by atoms with Crippen molar-refractivity contribution in [1.29, 1.82) is 0 Å². The second kappa shape index (κ2) is 9.86. The lowest BCUT2D eigenvalue weighted by atomic mass is 10.2. The van der Waals surface area contributed by atoms with Crippen LogP contribution in [0.5, 0.6) is 0 Å². The van der Waals surface area contributed by atoms with Crippen LogP contribution >= 0.6 is 0 Å². The predicted molar refractivity (Wildman–Crippen MR) is 113 cm³/mol. The fraction of sp³-hybridized carbons (Fsp3) is 0.200. The number of hydrogen-bond acceptors (Lipinski definition) is 6. The lowest BCUT2D eigenvalue weighted by molar-refractivity contribution is -0.139. The molecule has 8 nitrogen and oxygen atoms in total. The molecule has 0 spiro atoms. The molecular weight excluding hydrogens is 356 g/mol. The van der Waals surface area contributed by atoms with Gasteiger partial charge >= 0.3 is 11.8 Å². The number of hydrazone groups is 2. The van der Waals surface area contributed by atoms with Gasteiger partial charge in [0.1, 0.15) is 0 Å². The van der Waals surface area contributed by atoms with E-state index in [1.165, 1.54) is 12.4 Å². The van der Waals surface area contributed by atoms with E-state index in [9.17, 15) is 9.59 Å². The van der Waals surface area contributed by atoms with Crippen molar-refractivity contribution in [2.45, 2.75) is 0 Å². The Balaban J connectivity index is 1.81. The number of anilines is 2. The van der Waals surface area contributed by atoms with Crippen LogP contribution in [0.1, 0.15) is 11.1 Å². The molecule has 0 saturated carbocycles. The number of rotatable bonds is 6. The third-order valence-electron chi connectivity index (χ3n) is 3.78. The van der Waals surface area contributed by atoms with Crippen LogP contribution in [0, 0.1) is 0 Å². The van der Waals surface area contributed by atoms with Gasteiger partial charge in [-0.2, -0.15) is 10.2 Å². The first-order valence-corrected chi connectivity index (χ1v) is 8.58. The van der Waals surface area contributed by atoms with E-state index in [0.29, 0.717) is 0 Å². The molecule has 2 aromatic carbocycles. The van der Waals surface area contributed by atoms with E-state index in [1.807, 2.05) is 86.5 Å². The van der Waals surface area contributed by atoms with E-state index in [4.69, 9.17) is 0 Å². The summed E-state index contributed by atoms with van der Waals surface area (Å²) in [4.78, 5) is 27.4. The summed E-state index contributed by atoms with van der Waals surface area (Å²) in [5.74, 6) is -1.80. The van der Waals surface area contributed by atoms with Gasteiger partial charge in [0.15, 0.2) is 0 Å². The highest BCUT2D eigenvalue weighted by Gasteiger charge is 2.11. The van der Waals surface area contributed by atoms with Gasteiger partial charge in [0.05, 0.1) is 12.4 Å². The minimum atomic E-state index is -0.902. The van der Waals surface area contributed by atoms with Crippen LogP contribution in [-0.2, 0) is 9.59 Å². The zero-order valence-electron chi connectivity index (χ0n) is 16.4. The first kappa shape index (κ1) is 20.6. The van der Waals surface area contributed by atoms with Crippen molar-refractivity contribution in [3.05, 3.63) is 59.7 Å². The van der Waals surface area contributed by atoms with E-state index < -0.39 is 11.8 Å². The normalized spacial score (nSPS) is 10.9. The van der Waals surface area contributed by atoms with Crippen LogP contribution in [0.2, 0.25) is 0 Å². The van der Waals surface area contributed by atoms with Gasteiger partial charge in [-0.25, -0.2) is 10.9 Å². The Morgan fingerprint density at radius 1 is 0.679 bits per heavy atom. The van der Waals surface area contributed by atoms with Gasteiger partial charge in [0.2, 0.25) is 0 Å². The molecule has 0 atom stereocenters. The predicted octanol–water partition coefficient (Wildman–Crippen LogP) is 1.42. The summed E-state index contributed by atoms with van der Waals surface area (Å²) in [6, 6.07) is 15.1. The number of carbonyl (C=O) groups excluding carboxylic acids is 2. The maximum atomic E-state index is 11.7. The third kappa shape index (κ3) is 6.24. The van der Waals surface area contributed by atoms with E-state index in [2.05, 4.69) is 21.1 Å². The van der Waals surface area contributed by atoms with E-state index in [0.717, 1.165) is 22.5 Å². The van der Waals surface area contributed by atoms with Crippen molar-refractivity contribution in [2.75, 3.05) is 38.0 Å². The lowest BCUT2D eigenvalue weighted by Crippen LogP contribution is -2.35. The first-order chi connectivity index (χ1) is 13.4. The van der Waals surface area contributed by atoms with Crippen molar-refractivity contribution in [3.8, 4) is 0 Å². The molecule has 2 amide bonds. The molecule has 146 valence electrons. The largest absolute Gasteiger partial charge is 0.378 e. The number of nitrogens with zero attached hydrogens (tertiary/aromatic N) is 4. The van der Waals surface area contributed by atoms with Crippen LogP contribution in [0.3, 0.4) is 0 Å². The van der Waals surface area contributed by atoms with Gasteiger partial charge in [0.25, 0.3) is 0 Å². The Hall–Kier alpha value is -3.68. The molecule has 8 heteroatoms. The van der Waals surface area contributed by atoms with E-state index in [-0.39, 0.29) is 0 Å². The minimum absolute atomic E-state index is 0.797. The molecule has 0 heterocycles. The number of carbonyl (C=O) groups is 2. The Morgan fingerprint density at radius 3 is 1.29 bits per heavy atom. The Labute approximate surface area is 164 Å². The van der Waals surface area contributed by atoms with Crippen molar-refractivity contribution >= 4 is 35.6 Å². The summed E-state index contributed by atoms with van der Waals surface area (Å²) in [6.45, 7) is 0. The quantitative estimate of drug-likeness (QED) is 0.451. The first-order valence-electron chi connectivity index (χ1n) is 8.58. The summed E-state index contributed by atoms with van der Waals surface area (Å²) < 4.78 is 0. The van der Waals surface area contributed by atoms with Gasteiger partial charge in [-0.1, -0.05) is 24.3 Å². The Kier molecular flexibility index (Phi) is 7.27. The average molecular weight is 380 g/mol. The summed E-state index contributed by atoms with van der Waals surface area (Å²) in [5.41, 5.74) is 8.03. The second-order valence-electron chi connectivity index (χ2n) is 6.37. The smallest absolute Gasteiger partial charge is 0.331 e. The Bertz CT molecular complexity index is 782. The second-order valence-corrected chi connectivity index (χ2v) is 6.37. The zero-order valence-corrected chi connectivity index (χ0v) is 16.4. The molecule has 2 aromatic rings. The van der Waals surface area contributed by atoms with Gasteiger partial charge in [-0.05, 0) is 35.4 Å². The fourth-order valence-electron chi connectivity index (χ4n) is 2.15. The summed E-state index contributed by atoms with van der Waals surface area (Å²) in [5, 5.41) is 7.55. The molecule has 0 aliphatic rings. The Morgan fingerprint density at radius 2 is 1.00 bits per heavy atom. The molecule has 0 aliphatic carbocycles. The van der Waals surface area contributed by atoms with Crippen molar-refractivity contribution in [1.82, 2.24) is 10.9 Å². The molecule has 0 bridgehead atoms. The summed E-state index contributed by atoms with van der Waals surface area (Å²) >= 11 is 0. The lowest BCUT2D eigenvalue weighted by Gasteiger charge is -2.11. The summed E-state index contributed by atoms with van der Waals surface area (Å²) in [7, 11) is 7.79. The van der Waals surface area contributed by atoms with Crippen LogP contribution in [0.4, 0.5) is 11.4 Å². The highest BCUT2D eigenvalue weighted by molar-refractivity contribution is 6.35. The molecule has 0 aromatic heterocycles. The van der Waals surface area contributed by atoms with Gasteiger partial charge in [-0.15, -0.1) is 0 Å². The maximum Gasteiger partial charge on any atom is 0.331 e. The molecular formula is C20H24N6O2. The topological polar surface area (TPSA) is 89.4 Å². The number of nitrogens with one attached hydrogen (secondary N) is 2. The number of hydrogen-bond donors (Lipinski definition) is 2. The summed E-state index contributed by atoms with van der Waals surface area (Å²) in [6.07, 6.45) is 2.92. The fourth-order valence-corrected chi connectivity index (χ4v) is 2.15. The molecule has 0 unspecified atom stereocenters. The average Bonchev–Trinajstić information content (AvgIpc) is 2.68. The van der Waals surface area contributed by atoms with Gasteiger partial charge in [-0.3, -0.25) is 9.59 Å². The van der Waals surface area contributed by atoms with Crippen LogP contribution < -0.4 is 20.7 Å². The highest BCUT2D eigenvalue weighted by atomic mass is 16.2. The SMILES string of the molecule is CN(C)c1ccc(C=NNC(=O)C(=O)NN=Cc2ccc(N(C)C)cc2)cc1.